The van der Waals surface area contributed by atoms with Crippen LogP contribution >= 0.6 is 0 Å². The molecule has 1 amide bonds. The number of hydrogen-bond donors (Lipinski definition) is 1. The van der Waals surface area contributed by atoms with E-state index in [4.69, 9.17) is 0 Å². The zero-order valence-corrected chi connectivity index (χ0v) is 6.85. The van der Waals surface area contributed by atoms with Crippen LogP contribution in [0.4, 0.5) is 0 Å². The third-order valence-corrected chi connectivity index (χ3v) is 2.30. The monoisotopic (exact) mass is 179 g/mol. The minimum atomic E-state index is -3.52. The normalized spacial score (nSPS) is 10.6. The zero-order valence-electron chi connectivity index (χ0n) is 6.03. The first-order valence-electron chi connectivity index (χ1n) is 2.86. The van der Waals surface area contributed by atoms with E-state index >= 15 is 0 Å². The third kappa shape index (κ3) is 4.49. The van der Waals surface area contributed by atoms with Gasteiger partial charge in [-0.2, -0.15) is 0 Å². The predicted octanol–water partition coefficient (Wildman–Crippen LogP) is -1.65. The summed E-state index contributed by atoms with van der Waals surface area (Å²) in [5.41, 5.74) is 0. The molecule has 1 N–H and O–H groups in total. The molecule has 6 heteroatoms. The van der Waals surface area contributed by atoms with Crippen LogP contribution in [0.25, 0.3) is 0 Å². The quantitative estimate of drug-likeness (QED) is 0.524. The lowest BCUT2D eigenvalue weighted by Gasteiger charge is -1.97. The summed E-state index contributed by atoms with van der Waals surface area (Å²) < 4.78 is 21.4. The fourth-order valence-electron chi connectivity index (χ4n) is 0.434. The fourth-order valence-corrected chi connectivity index (χ4v) is 1.30. The largest absolute Gasteiger partial charge is 0.358 e. The average Bonchev–Trinajstić information content (AvgIpc) is 1.86. The summed E-state index contributed by atoms with van der Waals surface area (Å²) in [5, 5.41) is 2.15. The van der Waals surface area contributed by atoms with Gasteiger partial charge < -0.3 is 10.1 Å². The Kier molecular flexibility index (Phi) is 3.73. The topological polar surface area (TPSA) is 80.3 Å². The van der Waals surface area contributed by atoms with Gasteiger partial charge in [-0.15, -0.1) is 0 Å². The Balaban J connectivity index is 4.13. The first-order chi connectivity index (χ1) is 5.02. The van der Waals surface area contributed by atoms with E-state index in [-0.39, 0.29) is 6.29 Å². The van der Waals surface area contributed by atoms with Crippen molar-refractivity contribution >= 4 is 22.0 Å². The number of carbonyl (C=O) groups excluding carboxylic acids is 2. The van der Waals surface area contributed by atoms with Crippen molar-refractivity contribution in [2.45, 2.75) is 0 Å². The second kappa shape index (κ2) is 4.07. The fraction of sp³-hybridized carbons (Fsp3) is 0.600. The van der Waals surface area contributed by atoms with Gasteiger partial charge in [-0.1, -0.05) is 0 Å². The minimum absolute atomic E-state index is 0.262. The molecule has 0 atom stereocenters. The number of rotatable bonds is 4. The van der Waals surface area contributed by atoms with Gasteiger partial charge in [-0.3, -0.25) is 4.79 Å². The van der Waals surface area contributed by atoms with E-state index in [1.54, 1.807) is 0 Å². The SMILES string of the molecule is CNC(=O)CS(=O)(=O)CC=O. The van der Waals surface area contributed by atoms with Crippen LogP contribution in [0.3, 0.4) is 0 Å². The standard InChI is InChI=1S/C5H9NO4S/c1-6-5(8)4-11(9,10)3-2-7/h2H,3-4H2,1H3,(H,6,8). The van der Waals surface area contributed by atoms with Gasteiger partial charge in [-0.25, -0.2) is 8.42 Å². The molecular formula is C5H9NO4S. The van der Waals surface area contributed by atoms with E-state index in [1.165, 1.54) is 7.05 Å². The van der Waals surface area contributed by atoms with Crippen molar-refractivity contribution in [2.24, 2.45) is 0 Å². The van der Waals surface area contributed by atoms with Gasteiger partial charge in [0.15, 0.2) is 9.84 Å². The second-order valence-corrected chi connectivity index (χ2v) is 4.00. The number of nitrogens with one attached hydrogen (secondary N) is 1. The number of hydrogen-bond acceptors (Lipinski definition) is 4. The van der Waals surface area contributed by atoms with E-state index in [1.807, 2.05) is 0 Å². The summed E-state index contributed by atoms with van der Waals surface area (Å²) in [5.74, 6) is -1.82. The van der Waals surface area contributed by atoms with Crippen molar-refractivity contribution in [2.75, 3.05) is 18.6 Å². The first-order valence-corrected chi connectivity index (χ1v) is 4.68. The van der Waals surface area contributed by atoms with Gasteiger partial charge in [-0.05, 0) is 0 Å². The highest BCUT2D eigenvalue weighted by atomic mass is 32.2. The van der Waals surface area contributed by atoms with Gasteiger partial charge in [0.2, 0.25) is 5.91 Å². The lowest BCUT2D eigenvalue weighted by atomic mass is 10.7. The Bertz CT molecular complexity index is 243. The first kappa shape index (κ1) is 10.1. The maximum Gasteiger partial charge on any atom is 0.234 e. The highest BCUT2D eigenvalue weighted by molar-refractivity contribution is 7.92. The van der Waals surface area contributed by atoms with Crippen molar-refractivity contribution in [3.63, 3.8) is 0 Å². The predicted molar refractivity (Wildman–Crippen MR) is 38.8 cm³/mol. The smallest absolute Gasteiger partial charge is 0.234 e. The number of carbonyl (C=O) groups is 2. The molecule has 11 heavy (non-hydrogen) atoms. The second-order valence-electron chi connectivity index (χ2n) is 1.89. The van der Waals surface area contributed by atoms with E-state index < -0.39 is 27.3 Å². The lowest BCUT2D eigenvalue weighted by molar-refractivity contribution is -0.118. The molecule has 0 aliphatic rings. The third-order valence-electron chi connectivity index (χ3n) is 0.952. The summed E-state index contributed by atoms with van der Waals surface area (Å²) in [6.07, 6.45) is 0.262. The van der Waals surface area contributed by atoms with E-state index in [9.17, 15) is 18.0 Å². The molecule has 0 aromatic heterocycles. The van der Waals surface area contributed by atoms with Crippen LogP contribution in [0.15, 0.2) is 0 Å². The van der Waals surface area contributed by atoms with Crippen molar-refractivity contribution in [1.29, 1.82) is 0 Å². The number of sulfone groups is 1. The Morgan fingerprint density at radius 3 is 2.45 bits per heavy atom. The van der Waals surface area contributed by atoms with Crippen LogP contribution in [0.5, 0.6) is 0 Å². The highest BCUT2D eigenvalue weighted by Crippen LogP contribution is 1.86. The summed E-state index contributed by atoms with van der Waals surface area (Å²) in [6, 6.07) is 0. The van der Waals surface area contributed by atoms with Crippen molar-refractivity contribution in [1.82, 2.24) is 5.32 Å². The van der Waals surface area contributed by atoms with Gasteiger partial charge in [0.1, 0.15) is 17.8 Å². The minimum Gasteiger partial charge on any atom is -0.358 e. The van der Waals surface area contributed by atoms with Gasteiger partial charge in [0.25, 0.3) is 0 Å². The Morgan fingerprint density at radius 2 is 2.09 bits per heavy atom. The van der Waals surface area contributed by atoms with E-state index in [0.717, 1.165) is 0 Å². The molecule has 0 aromatic rings. The highest BCUT2D eigenvalue weighted by Gasteiger charge is 2.14. The molecule has 0 aliphatic heterocycles. The van der Waals surface area contributed by atoms with Crippen LogP contribution in [0.2, 0.25) is 0 Å². The molecule has 0 aromatic carbocycles. The average molecular weight is 179 g/mol. The Labute approximate surface area is 64.7 Å². The zero-order chi connectivity index (χ0) is 8.91. The van der Waals surface area contributed by atoms with Crippen LogP contribution < -0.4 is 5.32 Å². The Morgan fingerprint density at radius 1 is 1.55 bits per heavy atom. The van der Waals surface area contributed by atoms with Crippen LogP contribution in [0, 0.1) is 0 Å². The molecule has 5 nitrogen and oxygen atoms in total. The van der Waals surface area contributed by atoms with E-state index in [2.05, 4.69) is 5.32 Å². The molecule has 0 bridgehead atoms. The van der Waals surface area contributed by atoms with Gasteiger partial charge in [0.05, 0.1) is 0 Å². The molecule has 0 rings (SSSR count). The molecule has 0 fully saturated rings. The van der Waals surface area contributed by atoms with Crippen LogP contribution in [-0.4, -0.2) is 39.2 Å². The van der Waals surface area contributed by atoms with Crippen molar-refractivity contribution in [3.05, 3.63) is 0 Å². The molecule has 0 saturated heterocycles. The van der Waals surface area contributed by atoms with Gasteiger partial charge in [0, 0.05) is 7.05 Å². The number of aldehydes is 1. The molecule has 0 unspecified atom stereocenters. The summed E-state index contributed by atoms with van der Waals surface area (Å²) >= 11 is 0. The maximum atomic E-state index is 10.7. The van der Waals surface area contributed by atoms with Crippen LogP contribution in [-0.2, 0) is 19.4 Å². The molecule has 64 valence electrons. The summed E-state index contributed by atoms with van der Waals surface area (Å²) in [4.78, 5) is 20.3. The molecule has 0 heterocycles. The van der Waals surface area contributed by atoms with Crippen LogP contribution in [0.1, 0.15) is 0 Å². The summed E-state index contributed by atoms with van der Waals surface area (Å²) in [7, 11) is -2.19. The van der Waals surface area contributed by atoms with Crippen molar-refractivity contribution < 1.29 is 18.0 Å². The number of amides is 1. The molecule has 0 spiro atoms. The summed E-state index contributed by atoms with van der Waals surface area (Å²) in [6.45, 7) is 0. The molecular weight excluding hydrogens is 170 g/mol. The maximum absolute atomic E-state index is 10.7. The van der Waals surface area contributed by atoms with Gasteiger partial charge >= 0.3 is 0 Å². The Hall–Kier alpha value is -0.910. The molecule has 0 aliphatic carbocycles. The molecule has 0 radical (unpaired) electrons. The van der Waals surface area contributed by atoms with Crippen molar-refractivity contribution in [3.8, 4) is 0 Å². The van der Waals surface area contributed by atoms with E-state index in [0.29, 0.717) is 0 Å². The lowest BCUT2D eigenvalue weighted by Crippen LogP contribution is -2.28. The molecule has 0 saturated carbocycles.